The van der Waals surface area contributed by atoms with Crippen LogP contribution < -0.4 is 5.32 Å². The summed E-state index contributed by atoms with van der Waals surface area (Å²) in [4.78, 5) is 21.0. The smallest absolute Gasteiger partial charge is 0.319 e. The van der Waals surface area contributed by atoms with Crippen molar-refractivity contribution in [3.8, 4) is 22.8 Å². The van der Waals surface area contributed by atoms with Crippen molar-refractivity contribution in [3.05, 3.63) is 84.1 Å². The zero-order chi connectivity index (χ0) is 21.8. The van der Waals surface area contributed by atoms with Gasteiger partial charge in [-0.15, -0.1) is 0 Å². The van der Waals surface area contributed by atoms with Gasteiger partial charge < -0.3 is 9.73 Å². The standard InChI is InChI=1S/C23H20F2N4O2/c1-15-6-8-16(9-7-15)19-14-28-22(31-19)18-5-3-2-4-17(18)21(30)27-11-10-20-26-12-13-29(20)23(24)25/h2-9,12-14,23H,10-11H2,1H3,(H,27,30). The molecule has 2 aromatic heterocycles. The van der Waals surface area contributed by atoms with Gasteiger partial charge in [-0.05, 0) is 19.1 Å². The number of nitrogens with zero attached hydrogens (tertiary/aromatic N) is 3. The largest absolute Gasteiger partial charge is 0.436 e. The molecule has 4 rings (SSSR count). The number of aryl methyl sites for hydroxylation is 1. The number of benzene rings is 2. The summed E-state index contributed by atoms with van der Waals surface area (Å²) in [6.07, 6.45) is 4.33. The first-order chi connectivity index (χ1) is 15.0. The van der Waals surface area contributed by atoms with E-state index in [1.807, 2.05) is 31.2 Å². The summed E-state index contributed by atoms with van der Waals surface area (Å²) in [5.41, 5.74) is 2.96. The molecule has 0 fully saturated rings. The minimum absolute atomic E-state index is 0.164. The van der Waals surface area contributed by atoms with E-state index in [1.54, 1.807) is 30.5 Å². The lowest BCUT2D eigenvalue weighted by Gasteiger charge is -2.09. The molecule has 0 radical (unpaired) electrons. The van der Waals surface area contributed by atoms with E-state index in [4.69, 9.17) is 4.42 Å². The molecule has 8 heteroatoms. The summed E-state index contributed by atoms with van der Waals surface area (Å²) in [5.74, 6) is 0.790. The number of carbonyl (C=O) groups excluding carboxylic acids is 1. The second-order valence-corrected chi connectivity index (χ2v) is 6.98. The minimum atomic E-state index is -2.67. The molecule has 6 nitrogen and oxygen atoms in total. The van der Waals surface area contributed by atoms with Crippen molar-refractivity contribution >= 4 is 5.91 Å². The fraction of sp³-hybridized carbons (Fsp3) is 0.174. The summed E-state index contributed by atoms with van der Waals surface area (Å²) in [5, 5.41) is 2.75. The Morgan fingerprint density at radius 1 is 1.13 bits per heavy atom. The lowest BCUT2D eigenvalue weighted by Crippen LogP contribution is -2.27. The van der Waals surface area contributed by atoms with E-state index in [1.165, 1.54) is 12.4 Å². The van der Waals surface area contributed by atoms with E-state index in [-0.39, 0.29) is 24.7 Å². The van der Waals surface area contributed by atoms with Crippen molar-refractivity contribution in [1.29, 1.82) is 0 Å². The number of hydrogen-bond donors (Lipinski definition) is 1. The van der Waals surface area contributed by atoms with Crippen LogP contribution in [0.3, 0.4) is 0 Å². The van der Waals surface area contributed by atoms with Crippen molar-refractivity contribution < 1.29 is 18.0 Å². The molecule has 1 amide bonds. The number of rotatable bonds is 7. The predicted octanol–water partition coefficient (Wildman–Crippen LogP) is 4.88. The van der Waals surface area contributed by atoms with Crippen LogP contribution in [-0.2, 0) is 6.42 Å². The quantitative estimate of drug-likeness (QED) is 0.461. The van der Waals surface area contributed by atoms with Gasteiger partial charge in [0.2, 0.25) is 5.89 Å². The number of carbonyl (C=O) groups is 1. The minimum Gasteiger partial charge on any atom is -0.436 e. The number of halogens is 2. The molecule has 2 heterocycles. The average Bonchev–Trinajstić information content (AvgIpc) is 3.44. The molecule has 0 aliphatic heterocycles. The third-order valence-corrected chi connectivity index (χ3v) is 4.84. The van der Waals surface area contributed by atoms with E-state index in [2.05, 4.69) is 15.3 Å². The number of oxazole rings is 1. The van der Waals surface area contributed by atoms with Gasteiger partial charge in [0.1, 0.15) is 5.82 Å². The SMILES string of the molecule is Cc1ccc(-c2cnc(-c3ccccc3C(=O)NCCc3nccn3C(F)F)o2)cc1. The molecule has 0 spiro atoms. The van der Waals surface area contributed by atoms with E-state index in [9.17, 15) is 13.6 Å². The first-order valence-electron chi connectivity index (χ1n) is 9.73. The normalized spacial score (nSPS) is 11.1. The van der Waals surface area contributed by atoms with Gasteiger partial charge in [-0.2, -0.15) is 8.78 Å². The van der Waals surface area contributed by atoms with Gasteiger partial charge in [-0.1, -0.05) is 42.0 Å². The predicted molar refractivity (Wildman–Crippen MR) is 112 cm³/mol. The molecule has 0 atom stereocenters. The van der Waals surface area contributed by atoms with Gasteiger partial charge in [-0.3, -0.25) is 9.36 Å². The molecule has 0 saturated carbocycles. The monoisotopic (exact) mass is 422 g/mol. The van der Waals surface area contributed by atoms with Gasteiger partial charge >= 0.3 is 6.55 Å². The van der Waals surface area contributed by atoms with E-state index >= 15 is 0 Å². The maximum Gasteiger partial charge on any atom is 0.319 e. The van der Waals surface area contributed by atoms with Gasteiger partial charge in [0.05, 0.1) is 11.8 Å². The number of amides is 1. The molecular weight excluding hydrogens is 402 g/mol. The Labute approximate surface area is 177 Å². The Morgan fingerprint density at radius 3 is 2.68 bits per heavy atom. The summed E-state index contributed by atoms with van der Waals surface area (Å²) >= 11 is 0. The van der Waals surface area contributed by atoms with Crippen LogP contribution in [0.15, 0.2) is 71.5 Å². The Kier molecular flexibility index (Phi) is 5.88. The zero-order valence-corrected chi connectivity index (χ0v) is 16.8. The number of alkyl halides is 2. The topological polar surface area (TPSA) is 73.0 Å². The highest BCUT2D eigenvalue weighted by atomic mass is 19.3. The first-order valence-corrected chi connectivity index (χ1v) is 9.73. The molecule has 0 saturated heterocycles. The van der Waals surface area contributed by atoms with Crippen LogP contribution >= 0.6 is 0 Å². The lowest BCUT2D eigenvalue weighted by atomic mass is 10.1. The van der Waals surface area contributed by atoms with E-state index < -0.39 is 6.55 Å². The molecule has 1 N–H and O–H groups in total. The molecular formula is C23H20F2N4O2. The van der Waals surface area contributed by atoms with E-state index in [0.29, 0.717) is 22.8 Å². The van der Waals surface area contributed by atoms with Crippen LogP contribution in [0.1, 0.15) is 28.3 Å². The van der Waals surface area contributed by atoms with Gasteiger partial charge in [0.25, 0.3) is 5.91 Å². The van der Waals surface area contributed by atoms with Gasteiger partial charge in [0, 0.05) is 36.5 Å². The van der Waals surface area contributed by atoms with Crippen molar-refractivity contribution in [3.63, 3.8) is 0 Å². The fourth-order valence-electron chi connectivity index (χ4n) is 3.22. The fourth-order valence-corrected chi connectivity index (χ4v) is 3.22. The maximum absolute atomic E-state index is 12.9. The van der Waals surface area contributed by atoms with Crippen molar-refractivity contribution in [1.82, 2.24) is 19.9 Å². The van der Waals surface area contributed by atoms with Gasteiger partial charge in [0.15, 0.2) is 5.76 Å². The number of imidazole rings is 1. The molecule has 31 heavy (non-hydrogen) atoms. The third kappa shape index (κ3) is 4.53. The zero-order valence-electron chi connectivity index (χ0n) is 16.8. The second kappa shape index (κ2) is 8.91. The van der Waals surface area contributed by atoms with Gasteiger partial charge in [-0.25, -0.2) is 9.97 Å². The van der Waals surface area contributed by atoms with Crippen LogP contribution in [0.25, 0.3) is 22.8 Å². The molecule has 0 aliphatic carbocycles. The van der Waals surface area contributed by atoms with Crippen LogP contribution in [0.2, 0.25) is 0 Å². The van der Waals surface area contributed by atoms with Crippen molar-refractivity contribution in [2.24, 2.45) is 0 Å². The Morgan fingerprint density at radius 2 is 1.90 bits per heavy atom. The molecule has 4 aromatic rings. The number of nitrogens with one attached hydrogen (secondary N) is 1. The summed E-state index contributed by atoms with van der Waals surface area (Å²) < 4.78 is 32.5. The van der Waals surface area contributed by atoms with Crippen LogP contribution in [0.5, 0.6) is 0 Å². The summed E-state index contributed by atoms with van der Waals surface area (Å²) in [6.45, 7) is -0.496. The lowest BCUT2D eigenvalue weighted by molar-refractivity contribution is 0.0670. The van der Waals surface area contributed by atoms with E-state index in [0.717, 1.165) is 15.7 Å². The summed E-state index contributed by atoms with van der Waals surface area (Å²) in [7, 11) is 0. The molecule has 0 aliphatic rings. The van der Waals surface area contributed by atoms with Crippen LogP contribution in [0.4, 0.5) is 8.78 Å². The Balaban J connectivity index is 1.49. The second-order valence-electron chi connectivity index (χ2n) is 6.98. The van der Waals surface area contributed by atoms with Crippen LogP contribution in [0, 0.1) is 6.92 Å². The highest BCUT2D eigenvalue weighted by Crippen LogP contribution is 2.28. The van der Waals surface area contributed by atoms with Crippen molar-refractivity contribution in [2.45, 2.75) is 19.9 Å². The Bertz CT molecular complexity index is 1180. The molecule has 0 unspecified atom stereocenters. The highest BCUT2D eigenvalue weighted by molar-refractivity contribution is 6.00. The number of hydrogen-bond acceptors (Lipinski definition) is 4. The van der Waals surface area contributed by atoms with Crippen LogP contribution in [-0.4, -0.2) is 27.0 Å². The highest BCUT2D eigenvalue weighted by Gasteiger charge is 2.17. The molecule has 0 bridgehead atoms. The Hall–Kier alpha value is -3.81. The number of aromatic nitrogens is 3. The van der Waals surface area contributed by atoms with Crippen molar-refractivity contribution in [2.75, 3.05) is 6.54 Å². The molecule has 158 valence electrons. The average molecular weight is 422 g/mol. The maximum atomic E-state index is 12.9. The first kappa shape index (κ1) is 20.5. The third-order valence-electron chi connectivity index (χ3n) is 4.84. The summed E-state index contributed by atoms with van der Waals surface area (Å²) in [6, 6.07) is 14.8. The molecule has 2 aromatic carbocycles.